The fraction of sp³-hybridized carbons (Fsp3) is 0.409. The standard InChI is InChI=1S/C22H26N4O2/c1-15-23-12-21(25(15)2)16-4-5-17-11-24-20(9-18(17)8-16)10-22(27)19-13-26(14-19)6-7-28-3/h4-5,8-9,11-12,19H,6-7,10,13-14H2,1-3H3. The van der Waals surface area contributed by atoms with E-state index in [9.17, 15) is 4.79 Å². The molecule has 3 aromatic rings. The number of methoxy groups -OCH3 is 1. The SMILES string of the molecule is COCCN1CC(C(=O)Cc2cc3cc(-c4cnc(C)n4C)ccc3cn2)C1. The lowest BCUT2D eigenvalue weighted by molar-refractivity contribution is -0.127. The van der Waals surface area contributed by atoms with Crippen molar-refractivity contribution in [2.24, 2.45) is 13.0 Å². The summed E-state index contributed by atoms with van der Waals surface area (Å²) >= 11 is 0. The predicted molar refractivity (Wildman–Crippen MR) is 109 cm³/mol. The minimum absolute atomic E-state index is 0.123. The van der Waals surface area contributed by atoms with Crippen molar-refractivity contribution in [3.8, 4) is 11.3 Å². The van der Waals surface area contributed by atoms with Gasteiger partial charge in [-0.1, -0.05) is 12.1 Å². The van der Waals surface area contributed by atoms with E-state index in [1.54, 1.807) is 7.11 Å². The Labute approximate surface area is 165 Å². The molecule has 1 saturated heterocycles. The van der Waals surface area contributed by atoms with Crippen LogP contribution in [0, 0.1) is 12.8 Å². The molecule has 1 fully saturated rings. The Kier molecular flexibility index (Phi) is 5.24. The minimum Gasteiger partial charge on any atom is -0.383 e. The monoisotopic (exact) mass is 378 g/mol. The highest BCUT2D eigenvalue weighted by Crippen LogP contribution is 2.25. The fourth-order valence-corrected chi connectivity index (χ4v) is 3.71. The van der Waals surface area contributed by atoms with Crippen LogP contribution in [-0.4, -0.2) is 58.6 Å². The van der Waals surface area contributed by atoms with Gasteiger partial charge in [0.1, 0.15) is 11.6 Å². The van der Waals surface area contributed by atoms with E-state index in [1.165, 1.54) is 0 Å². The number of aryl methyl sites for hydroxylation is 1. The van der Waals surface area contributed by atoms with Crippen molar-refractivity contribution >= 4 is 16.6 Å². The minimum atomic E-state index is 0.123. The number of hydrogen-bond acceptors (Lipinski definition) is 5. The number of ketones is 1. The third-order valence-corrected chi connectivity index (χ3v) is 5.67. The number of benzene rings is 1. The molecule has 0 spiro atoms. The zero-order valence-electron chi connectivity index (χ0n) is 16.7. The second-order valence-electron chi connectivity index (χ2n) is 7.58. The summed E-state index contributed by atoms with van der Waals surface area (Å²) in [5.41, 5.74) is 3.04. The van der Waals surface area contributed by atoms with Gasteiger partial charge in [0.15, 0.2) is 0 Å². The summed E-state index contributed by atoms with van der Waals surface area (Å²) < 4.78 is 7.17. The molecule has 6 heteroatoms. The average Bonchev–Trinajstić information content (AvgIpc) is 2.99. The Morgan fingerprint density at radius 2 is 2.00 bits per heavy atom. The molecule has 0 N–H and O–H groups in total. The number of likely N-dealkylation sites (tertiary alicyclic amines) is 1. The first-order valence-electron chi connectivity index (χ1n) is 9.66. The molecule has 0 unspecified atom stereocenters. The third kappa shape index (κ3) is 3.70. The fourth-order valence-electron chi connectivity index (χ4n) is 3.71. The van der Waals surface area contributed by atoms with Crippen LogP contribution in [-0.2, 0) is 23.0 Å². The average molecular weight is 378 g/mol. The molecular weight excluding hydrogens is 352 g/mol. The summed E-state index contributed by atoms with van der Waals surface area (Å²) in [6.07, 6.45) is 4.16. The molecule has 0 bridgehead atoms. The zero-order chi connectivity index (χ0) is 19.7. The summed E-state index contributed by atoms with van der Waals surface area (Å²) in [6, 6.07) is 8.36. The first-order chi connectivity index (χ1) is 13.5. The van der Waals surface area contributed by atoms with Crippen molar-refractivity contribution in [2.45, 2.75) is 13.3 Å². The molecule has 0 aliphatic carbocycles. The number of carbonyl (C=O) groups excluding carboxylic acids is 1. The molecule has 6 nitrogen and oxygen atoms in total. The van der Waals surface area contributed by atoms with E-state index in [0.717, 1.165) is 53.2 Å². The highest BCUT2D eigenvalue weighted by molar-refractivity contribution is 5.88. The van der Waals surface area contributed by atoms with Crippen LogP contribution in [0.1, 0.15) is 11.5 Å². The van der Waals surface area contributed by atoms with Gasteiger partial charge in [-0.15, -0.1) is 0 Å². The first kappa shape index (κ1) is 18.8. The summed E-state index contributed by atoms with van der Waals surface area (Å²) in [5.74, 6) is 1.38. The summed E-state index contributed by atoms with van der Waals surface area (Å²) in [4.78, 5) is 23.7. The van der Waals surface area contributed by atoms with Gasteiger partial charge in [0.05, 0.1) is 18.5 Å². The molecule has 2 aromatic heterocycles. The molecule has 3 heterocycles. The number of imidazole rings is 1. The van der Waals surface area contributed by atoms with Crippen LogP contribution in [0.4, 0.5) is 0 Å². The molecule has 28 heavy (non-hydrogen) atoms. The Balaban J connectivity index is 1.48. The normalized spacial score (nSPS) is 15.1. The largest absolute Gasteiger partial charge is 0.383 e. The lowest BCUT2D eigenvalue weighted by Gasteiger charge is -2.38. The van der Waals surface area contributed by atoms with Crippen molar-refractivity contribution in [1.29, 1.82) is 0 Å². The van der Waals surface area contributed by atoms with Crippen LogP contribution >= 0.6 is 0 Å². The first-order valence-corrected chi connectivity index (χ1v) is 9.66. The van der Waals surface area contributed by atoms with Gasteiger partial charge in [-0.3, -0.25) is 14.7 Å². The van der Waals surface area contributed by atoms with Crippen molar-refractivity contribution in [2.75, 3.05) is 33.4 Å². The second kappa shape index (κ2) is 7.81. The predicted octanol–water partition coefficient (Wildman–Crippen LogP) is 2.63. The Morgan fingerprint density at radius 3 is 2.71 bits per heavy atom. The number of fused-ring (bicyclic) bond motifs is 1. The van der Waals surface area contributed by atoms with E-state index in [0.29, 0.717) is 13.0 Å². The van der Waals surface area contributed by atoms with Crippen molar-refractivity contribution < 1.29 is 9.53 Å². The molecule has 0 radical (unpaired) electrons. The molecule has 1 aromatic carbocycles. The summed E-state index contributed by atoms with van der Waals surface area (Å²) in [5, 5.41) is 2.18. The number of pyridine rings is 1. The molecule has 1 aliphatic rings. The highest BCUT2D eigenvalue weighted by Gasteiger charge is 2.31. The smallest absolute Gasteiger partial charge is 0.144 e. The number of carbonyl (C=O) groups is 1. The number of hydrogen-bond donors (Lipinski definition) is 0. The molecule has 0 amide bonds. The van der Waals surface area contributed by atoms with E-state index >= 15 is 0 Å². The number of nitrogens with zero attached hydrogens (tertiary/aromatic N) is 4. The van der Waals surface area contributed by atoms with Crippen molar-refractivity contribution in [1.82, 2.24) is 19.4 Å². The van der Waals surface area contributed by atoms with Gasteiger partial charge in [-0.25, -0.2) is 4.98 Å². The molecule has 4 rings (SSSR count). The number of ether oxygens (including phenoxy) is 1. The molecular formula is C22H26N4O2. The zero-order valence-corrected chi connectivity index (χ0v) is 16.7. The van der Waals surface area contributed by atoms with Gasteiger partial charge in [-0.2, -0.15) is 0 Å². The lowest BCUT2D eigenvalue weighted by Crippen LogP contribution is -2.51. The van der Waals surface area contributed by atoms with Crippen LogP contribution in [0.3, 0.4) is 0 Å². The molecule has 1 aliphatic heterocycles. The van der Waals surface area contributed by atoms with Gasteiger partial charge in [0.25, 0.3) is 0 Å². The van der Waals surface area contributed by atoms with Gasteiger partial charge in [0.2, 0.25) is 0 Å². The molecule has 0 atom stereocenters. The van der Waals surface area contributed by atoms with Gasteiger partial charge in [0, 0.05) is 69.0 Å². The third-order valence-electron chi connectivity index (χ3n) is 5.67. The number of rotatable bonds is 7. The van der Waals surface area contributed by atoms with Crippen LogP contribution in [0.15, 0.2) is 36.7 Å². The maximum absolute atomic E-state index is 12.6. The van der Waals surface area contributed by atoms with Gasteiger partial charge < -0.3 is 9.30 Å². The second-order valence-corrected chi connectivity index (χ2v) is 7.58. The Morgan fingerprint density at radius 1 is 1.18 bits per heavy atom. The van der Waals surface area contributed by atoms with E-state index in [4.69, 9.17) is 4.74 Å². The number of Topliss-reactive ketones (excluding diaryl/α,β-unsaturated/α-hetero) is 1. The molecule has 146 valence electrons. The van der Waals surface area contributed by atoms with E-state index in [1.807, 2.05) is 32.4 Å². The molecule has 0 saturated carbocycles. The van der Waals surface area contributed by atoms with E-state index in [2.05, 4.69) is 37.6 Å². The van der Waals surface area contributed by atoms with Crippen LogP contribution in [0.2, 0.25) is 0 Å². The lowest BCUT2D eigenvalue weighted by atomic mass is 9.92. The highest BCUT2D eigenvalue weighted by atomic mass is 16.5. The maximum Gasteiger partial charge on any atom is 0.144 e. The topological polar surface area (TPSA) is 60.2 Å². The van der Waals surface area contributed by atoms with Crippen LogP contribution in [0.25, 0.3) is 22.0 Å². The summed E-state index contributed by atoms with van der Waals surface area (Å²) in [7, 11) is 3.72. The maximum atomic E-state index is 12.6. The van der Waals surface area contributed by atoms with E-state index in [-0.39, 0.29) is 11.7 Å². The van der Waals surface area contributed by atoms with Crippen LogP contribution in [0.5, 0.6) is 0 Å². The van der Waals surface area contributed by atoms with Crippen molar-refractivity contribution in [3.63, 3.8) is 0 Å². The van der Waals surface area contributed by atoms with Crippen LogP contribution < -0.4 is 0 Å². The Bertz CT molecular complexity index is 1000. The van der Waals surface area contributed by atoms with Gasteiger partial charge >= 0.3 is 0 Å². The Hall–Kier alpha value is -2.57. The quantitative estimate of drug-likeness (QED) is 0.633. The van der Waals surface area contributed by atoms with Crippen molar-refractivity contribution in [3.05, 3.63) is 48.2 Å². The van der Waals surface area contributed by atoms with Gasteiger partial charge in [-0.05, 0) is 24.4 Å². The number of aromatic nitrogens is 3. The van der Waals surface area contributed by atoms with E-state index < -0.39 is 0 Å². The summed E-state index contributed by atoms with van der Waals surface area (Å²) in [6.45, 7) is 5.27.